The Labute approximate surface area is 111 Å². The minimum absolute atomic E-state index is 0.0857. The molecule has 0 radical (unpaired) electrons. The zero-order chi connectivity index (χ0) is 12.7. The quantitative estimate of drug-likeness (QED) is 0.841. The molecule has 0 aliphatic carbocycles. The van der Waals surface area contributed by atoms with Crippen LogP contribution < -0.4 is 0 Å². The molecule has 0 unspecified atom stereocenters. The van der Waals surface area contributed by atoms with Crippen molar-refractivity contribution < 1.29 is 8.42 Å². The number of hydrogen-bond donors (Lipinski definition) is 0. The maximum Gasteiger partial charge on any atom is 0.243 e. The van der Waals surface area contributed by atoms with Crippen molar-refractivity contribution in [1.29, 1.82) is 0 Å². The van der Waals surface area contributed by atoms with Gasteiger partial charge in [0, 0.05) is 17.6 Å². The van der Waals surface area contributed by atoms with Crippen LogP contribution in [0, 0.1) is 5.41 Å². The third kappa shape index (κ3) is 2.72. The van der Waals surface area contributed by atoms with Crippen molar-refractivity contribution >= 4 is 26.0 Å². The molecule has 5 heteroatoms. The van der Waals surface area contributed by atoms with E-state index in [1.165, 1.54) is 0 Å². The van der Waals surface area contributed by atoms with Crippen LogP contribution in [0.4, 0.5) is 0 Å². The highest BCUT2D eigenvalue weighted by atomic mass is 79.9. The van der Waals surface area contributed by atoms with E-state index >= 15 is 0 Å². The second kappa shape index (κ2) is 4.37. The summed E-state index contributed by atoms with van der Waals surface area (Å²) in [6, 6.07) is 6.80. The lowest BCUT2D eigenvalue weighted by Gasteiger charge is -2.19. The first kappa shape index (κ1) is 13.1. The Morgan fingerprint density at radius 3 is 2.29 bits per heavy atom. The number of nitrogens with zero attached hydrogens (tertiary/aromatic N) is 1. The van der Waals surface area contributed by atoms with E-state index in [1.807, 2.05) is 0 Å². The van der Waals surface area contributed by atoms with Crippen LogP contribution in [0.1, 0.15) is 20.3 Å². The standard InChI is InChI=1S/C12H16BrNO2S/c1-12(2)7-8-14(9-12)17(15,16)11-5-3-10(13)4-6-11/h3-6H,7-9H2,1-2H3. The molecule has 1 fully saturated rings. The van der Waals surface area contributed by atoms with E-state index in [4.69, 9.17) is 0 Å². The van der Waals surface area contributed by atoms with Crippen LogP contribution in [0.15, 0.2) is 33.6 Å². The van der Waals surface area contributed by atoms with Gasteiger partial charge in [-0.3, -0.25) is 0 Å². The summed E-state index contributed by atoms with van der Waals surface area (Å²) in [5, 5.41) is 0. The predicted octanol–water partition coefficient (Wildman–Crippen LogP) is 2.87. The smallest absolute Gasteiger partial charge is 0.207 e. The van der Waals surface area contributed by atoms with Gasteiger partial charge >= 0.3 is 0 Å². The van der Waals surface area contributed by atoms with Crippen molar-refractivity contribution in [1.82, 2.24) is 4.31 Å². The van der Waals surface area contributed by atoms with Gasteiger partial charge in [0.05, 0.1) is 4.90 Å². The normalized spacial score (nSPS) is 20.6. The van der Waals surface area contributed by atoms with Gasteiger partial charge in [-0.2, -0.15) is 4.31 Å². The van der Waals surface area contributed by atoms with E-state index in [0.717, 1.165) is 10.9 Å². The molecule has 1 aliphatic heterocycles. The molecule has 3 nitrogen and oxygen atoms in total. The topological polar surface area (TPSA) is 37.4 Å². The van der Waals surface area contributed by atoms with Gasteiger partial charge in [0.25, 0.3) is 0 Å². The van der Waals surface area contributed by atoms with Crippen LogP contribution in [0.25, 0.3) is 0 Å². The van der Waals surface area contributed by atoms with Crippen molar-refractivity contribution in [2.75, 3.05) is 13.1 Å². The van der Waals surface area contributed by atoms with Crippen molar-refractivity contribution in [2.24, 2.45) is 5.41 Å². The van der Waals surface area contributed by atoms with E-state index in [2.05, 4.69) is 29.8 Å². The summed E-state index contributed by atoms with van der Waals surface area (Å²) in [7, 11) is -3.31. The Kier molecular flexibility index (Phi) is 3.36. The summed E-state index contributed by atoms with van der Waals surface area (Å²) in [4.78, 5) is 0.374. The number of halogens is 1. The van der Waals surface area contributed by atoms with Gasteiger partial charge < -0.3 is 0 Å². The first-order chi connectivity index (χ1) is 7.81. The fourth-order valence-electron chi connectivity index (χ4n) is 2.02. The monoisotopic (exact) mass is 317 g/mol. The van der Waals surface area contributed by atoms with Gasteiger partial charge in [0.2, 0.25) is 10.0 Å². The Bertz CT molecular complexity index is 508. The van der Waals surface area contributed by atoms with Crippen LogP contribution in [0.3, 0.4) is 0 Å². The van der Waals surface area contributed by atoms with Crippen molar-refractivity contribution in [2.45, 2.75) is 25.2 Å². The van der Waals surface area contributed by atoms with Gasteiger partial charge in [-0.15, -0.1) is 0 Å². The van der Waals surface area contributed by atoms with E-state index in [-0.39, 0.29) is 5.41 Å². The molecule has 1 aromatic carbocycles. The summed E-state index contributed by atoms with van der Waals surface area (Å²) < 4.78 is 27.2. The summed E-state index contributed by atoms with van der Waals surface area (Å²) in [6.45, 7) is 5.42. The van der Waals surface area contributed by atoms with Crippen molar-refractivity contribution in [3.05, 3.63) is 28.7 Å². The van der Waals surface area contributed by atoms with E-state index < -0.39 is 10.0 Å². The molecule has 0 saturated carbocycles. The van der Waals surface area contributed by atoms with Gasteiger partial charge in [-0.1, -0.05) is 29.8 Å². The molecular weight excluding hydrogens is 302 g/mol. The van der Waals surface area contributed by atoms with Crippen LogP contribution in [0.5, 0.6) is 0 Å². The number of hydrogen-bond acceptors (Lipinski definition) is 2. The largest absolute Gasteiger partial charge is 0.243 e. The fraction of sp³-hybridized carbons (Fsp3) is 0.500. The molecule has 0 atom stereocenters. The van der Waals surface area contributed by atoms with Crippen molar-refractivity contribution in [3.8, 4) is 0 Å². The molecule has 0 N–H and O–H groups in total. The van der Waals surface area contributed by atoms with E-state index in [1.54, 1.807) is 28.6 Å². The third-order valence-electron chi connectivity index (χ3n) is 3.09. The SMILES string of the molecule is CC1(C)CCN(S(=O)(=O)c2ccc(Br)cc2)C1. The van der Waals surface area contributed by atoms with Crippen LogP contribution in [-0.2, 0) is 10.0 Å². The first-order valence-electron chi connectivity index (χ1n) is 5.57. The zero-order valence-electron chi connectivity index (χ0n) is 9.98. The molecule has 1 aliphatic rings. The number of sulfonamides is 1. The average Bonchev–Trinajstić information content (AvgIpc) is 2.60. The summed E-state index contributed by atoms with van der Waals surface area (Å²) in [5.41, 5.74) is 0.0857. The highest BCUT2D eigenvalue weighted by Crippen LogP contribution is 2.32. The molecular formula is C12H16BrNO2S. The minimum Gasteiger partial charge on any atom is -0.207 e. The Hall–Kier alpha value is -0.390. The molecule has 1 saturated heterocycles. The lowest BCUT2D eigenvalue weighted by Crippen LogP contribution is -2.30. The molecule has 0 bridgehead atoms. The maximum atomic E-state index is 12.3. The van der Waals surface area contributed by atoms with Crippen LogP contribution in [-0.4, -0.2) is 25.8 Å². The van der Waals surface area contributed by atoms with Gasteiger partial charge in [0.1, 0.15) is 0 Å². The summed E-state index contributed by atoms with van der Waals surface area (Å²) >= 11 is 3.31. The molecule has 0 aromatic heterocycles. The number of rotatable bonds is 2. The van der Waals surface area contributed by atoms with Gasteiger partial charge in [-0.05, 0) is 36.1 Å². The lowest BCUT2D eigenvalue weighted by atomic mass is 9.93. The molecule has 94 valence electrons. The zero-order valence-corrected chi connectivity index (χ0v) is 12.4. The molecule has 1 aromatic rings. The Balaban J connectivity index is 2.29. The first-order valence-corrected chi connectivity index (χ1v) is 7.80. The minimum atomic E-state index is -3.31. The van der Waals surface area contributed by atoms with Gasteiger partial charge in [0.15, 0.2) is 0 Å². The molecule has 17 heavy (non-hydrogen) atoms. The lowest BCUT2D eigenvalue weighted by molar-refractivity contribution is 0.375. The van der Waals surface area contributed by atoms with Crippen LogP contribution in [0.2, 0.25) is 0 Å². The van der Waals surface area contributed by atoms with E-state index in [0.29, 0.717) is 18.0 Å². The van der Waals surface area contributed by atoms with E-state index in [9.17, 15) is 8.42 Å². The highest BCUT2D eigenvalue weighted by molar-refractivity contribution is 9.10. The van der Waals surface area contributed by atoms with Crippen molar-refractivity contribution in [3.63, 3.8) is 0 Å². The van der Waals surface area contributed by atoms with Crippen LogP contribution >= 0.6 is 15.9 Å². The van der Waals surface area contributed by atoms with Gasteiger partial charge in [-0.25, -0.2) is 8.42 Å². The summed E-state index contributed by atoms with van der Waals surface area (Å²) in [5.74, 6) is 0. The third-order valence-corrected chi connectivity index (χ3v) is 5.48. The Morgan fingerprint density at radius 2 is 1.82 bits per heavy atom. The second-order valence-electron chi connectivity index (χ2n) is 5.21. The maximum absolute atomic E-state index is 12.3. The number of benzene rings is 1. The summed E-state index contributed by atoms with van der Waals surface area (Å²) in [6.07, 6.45) is 0.919. The molecule has 2 rings (SSSR count). The Morgan fingerprint density at radius 1 is 1.24 bits per heavy atom. The average molecular weight is 318 g/mol. The fourth-order valence-corrected chi connectivity index (χ4v) is 3.92. The highest BCUT2D eigenvalue weighted by Gasteiger charge is 2.36. The second-order valence-corrected chi connectivity index (χ2v) is 8.06. The predicted molar refractivity (Wildman–Crippen MR) is 71.3 cm³/mol. The molecule has 1 heterocycles. The molecule has 0 amide bonds. The molecule has 0 spiro atoms.